The SMILES string of the molecule is CN1C(=O)Cc2cc(S(=O)(=O)NCCc3csc(-c4ccncc4)n3)ccc21. The second-order valence-corrected chi connectivity index (χ2v) is 9.07. The molecule has 2 aromatic heterocycles. The van der Waals surface area contributed by atoms with Crippen LogP contribution in [0.5, 0.6) is 0 Å². The molecule has 144 valence electrons. The van der Waals surface area contributed by atoms with E-state index >= 15 is 0 Å². The summed E-state index contributed by atoms with van der Waals surface area (Å²) in [6, 6.07) is 8.56. The number of rotatable bonds is 6. The van der Waals surface area contributed by atoms with Gasteiger partial charge in [-0.2, -0.15) is 0 Å². The zero-order valence-corrected chi connectivity index (χ0v) is 16.8. The summed E-state index contributed by atoms with van der Waals surface area (Å²) in [6.45, 7) is 0.248. The number of thiazole rings is 1. The van der Waals surface area contributed by atoms with Crippen LogP contribution in [0.1, 0.15) is 11.3 Å². The molecule has 1 aromatic carbocycles. The Labute approximate surface area is 167 Å². The Balaban J connectivity index is 1.41. The van der Waals surface area contributed by atoms with Crippen molar-refractivity contribution in [2.24, 2.45) is 0 Å². The third-order valence-corrected chi connectivity index (χ3v) is 6.99. The molecule has 1 N–H and O–H groups in total. The molecule has 0 fully saturated rings. The Kier molecular flexibility index (Phi) is 4.96. The quantitative estimate of drug-likeness (QED) is 0.668. The summed E-state index contributed by atoms with van der Waals surface area (Å²) < 4.78 is 27.8. The maximum atomic E-state index is 12.6. The van der Waals surface area contributed by atoms with Crippen molar-refractivity contribution in [1.29, 1.82) is 0 Å². The highest BCUT2D eigenvalue weighted by Crippen LogP contribution is 2.29. The van der Waals surface area contributed by atoms with Crippen LogP contribution >= 0.6 is 11.3 Å². The summed E-state index contributed by atoms with van der Waals surface area (Å²) in [5.74, 6) is -0.0361. The van der Waals surface area contributed by atoms with E-state index in [2.05, 4.69) is 14.7 Å². The van der Waals surface area contributed by atoms with Crippen molar-refractivity contribution >= 4 is 33.0 Å². The van der Waals surface area contributed by atoms with Crippen LogP contribution in [0.25, 0.3) is 10.6 Å². The second-order valence-electron chi connectivity index (χ2n) is 6.45. The third-order valence-electron chi connectivity index (χ3n) is 4.59. The number of hydrogen-bond donors (Lipinski definition) is 1. The van der Waals surface area contributed by atoms with Gasteiger partial charge in [0.05, 0.1) is 17.0 Å². The molecule has 0 bridgehead atoms. The first kappa shape index (κ1) is 18.7. The van der Waals surface area contributed by atoms with E-state index in [1.807, 2.05) is 17.5 Å². The topological polar surface area (TPSA) is 92.3 Å². The van der Waals surface area contributed by atoms with Crippen LogP contribution < -0.4 is 9.62 Å². The van der Waals surface area contributed by atoms with Crippen LogP contribution in [0, 0.1) is 0 Å². The summed E-state index contributed by atoms with van der Waals surface area (Å²) in [6.07, 6.45) is 4.15. The smallest absolute Gasteiger partial charge is 0.240 e. The molecule has 0 saturated carbocycles. The number of sulfonamides is 1. The molecule has 4 rings (SSSR count). The van der Waals surface area contributed by atoms with Crippen molar-refractivity contribution in [1.82, 2.24) is 14.7 Å². The van der Waals surface area contributed by atoms with Crippen LogP contribution in [0.2, 0.25) is 0 Å². The minimum Gasteiger partial charge on any atom is -0.315 e. The number of hydrogen-bond acceptors (Lipinski definition) is 6. The molecule has 0 aliphatic carbocycles. The molecular weight excluding hydrogens is 396 g/mol. The molecule has 1 aliphatic heterocycles. The minimum absolute atomic E-state index is 0.0361. The zero-order chi connectivity index (χ0) is 19.7. The predicted octanol–water partition coefficient (Wildman–Crippen LogP) is 2.25. The molecule has 0 atom stereocenters. The van der Waals surface area contributed by atoms with Crippen molar-refractivity contribution in [3.8, 4) is 10.6 Å². The number of anilines is 1. The maximum Gasteiger partial charge on any atom is 0.240 e. The van der Waals surface area contributed by atoms with E-state index in [0.717, 1.165) is 27.5 Å². The summed E-state index contributed by atoms with van der Waals surface area (Å²) in [5, 5.41) is 2.81. The van der Waals surface area contributed by atoms with Gasteiger partial charge in [-0.25, -0.2) is 18.1 Å². The van der Waals surface area contributed by atoms with Crippen LogP contribution in [-0.2, 0) is 27.7 Å². The van der Waals surface area contributed by atoms with Gasteiger partial charge in [-0.05, 0) is 35.9 Å². The van der Waals surface area contributed by atoms with Gasteiger partial charge in [0.15, 0.2) is 0 Å². The number of amides is 1. The molecule has 3 aromatic rings. The predicted molar refractivity (Wildman–Crippen MR) is 108 cm³/mol. The number of nitrogens with zero attached hydrogens (tertiary/aromatic N) is 3. The van der Waals surface area contributed by atoms with Gasteiger partial charge in [-0.15, -0.1) is 11.3 Å². The summed E-state index contributed by atoms with van der Waals surface area (Å²) in [5.41, 5.74) is 3.32. The molecule has 1 amide bonds. The van der Waals surface area contributed by atoms with Gasteiger partial charge in [0.2, 0.25) is 15.9 Å². The Hall–Kier alpha value is -2.62. The lowest BCUT2D eigenvalue weighted by Gasteiger charge is -2.11. The average molecular weight is 415 g/mol. The molecule has 7 nitrogen and oxygen atoms in total. The zero-order valence-electron chi connectivity index (χ0n) is 15.1. The monoisotopic (exact) mass is 414 g/mol. The van der Waals surface area contributed by atoms with Crippen molar-refractivity contribution in [2.45, 2.75) is 17.7 Å². The van der Waals surface area contributed by atoms with Crippen LogP contribution in [0.15, 0.2) is 53.0 Å². The Bertz CT molecular complexity index is 1130. The van der Waals surface area contributed by atoms with Crippen LogP contribution in [0.4, 0.5) is 5.69 Å². The van der Waals surface area contributed by atoms with Crippen molar-refractivity contribution < 1.29 is 13.2 Å². The van der Waals surface area contributed by atoms with E-state index in [9.17, 15) is 13.2 Å². The van der Waals surface area contributed by atoms with Crippen molar-refractivity contribution in [3.05, 3.63) is 59.4 Å². The van der Waals surface area contributed by atoms with Crippen LogP contribution in [0.3, 0.4) is 0 Å². The fraction of sp³-hybridized carbons (Fsp3) is 0.211. The van der Waals surface area contributed by atoms with E-state index in [-0.39, 0.29) is 23.8 Å². The first-order valence-corrected chi connectivity index (χ1v) is 11.0. The summed E-state index contributed by atoms with van der Waals surface area (Å²) >= 11 is 1.52. The van der Waals surface area contributed by atoms with E-state index in [4.69, 9.17) is 0 Å². The first-order chi connectivity index (χ1) is 13.4. The van der Waals surface area contributed by atoms with E-state index in [1.165, 1.54) is 17.4 Å². The molecule has 0 unspecified atom stereocenters. The number of pyridine rings is 1. The van der Waals surface area contributed by atoms with Crippen molar-refractivity contribution in [2.75, 3.05) is 18.5 Å². The highest BCUT2D eigenvalue weighted by molar-refractivity contribution is 7.89. The molecule has 1 aliphatic rings. The lowest BCUT2D eigenvalue weighted by Crippen LogP contribution is -2.26. The highest BCUT2D eigenvalue weighted by atomic mass is 32.2. The van der Waals surface area contributed by atoms with E-state index < -0.39 is 10.0 Å². The third kappa shape index (κ3) is 3.68. The minimum atomic E-state index is -3.64. The molecule has 9 heteroatoms. The first-order valence-electron chi connectivity index (χ1n) is 8.68. The van der Waals surface area contributed by atoms with Gasteiger partial charge in [-0.1, -0.05) is 0 Å². The number of carbonyl (C=O) groups excluding carboxylic acids is 1. The fourth-order valence-corrected chi connectivity index (χ4v) is 5.00. The Morgan fingerprint density at radius 2 is 2.00 bits per heavy atom. The van der Waals surface area contributed by atoms with Gasteiger partial charge in [0, 0.05) is 49.0 Å². The molecule has 0 spiro atoms. The largest absolute Gasteiger partial charge is 0.315 e. The number of fused-ring (bicyclic) bond motifs is 1. The van der Waals surface area contributed by atoms with E-state index in [1.54, 1.807) is 36.5 Å². The lowest BCUT2D eigenvalue weighted by atomic mass is 10.2. The average Bonchev–Trinajstić information content (AvgIpc) is 3.27. The summed E-state index contributed by atoms with van der Waals surface area (Å²) in [7, 11) is -1.96. The Morgan fingerprint density at radius 3 is 2.79 bits per heavy atom. The number of likely N-dealkylation sites (N-methyl/N-ethyl adjacent to an activating group) is 1. The van der Waals surface area contributed by atoms with Gasteiger partial charge >= 0.3 is 0 Å². The molecule has 0 radical (unpaired) electrons. The Morgan fingerprint density at radius 1 is 1.21 bits per heavy atom. The second kappa shape index (κ2) is 7.42. The number of carbonyl (C=O) groups is 1. The van der Waals surface area contributed by atoms with Crippen LogP contribution in [-0.4, -0.2) is 37.9 Å². The van der Waals surface area contributed by atoms with Gasteiger partial charge in [-0.3, -0.25) is 9.78 Å². The van der Waals surface area contributed by atoms with Gasteiger partial charge in [0.25, 0.3) is 0 Å². The number of aromatic nitrogens is 2. The van der Waals surface area contributed by atoms with E-state index in [0.29, 0.717) is 6.42 Å². The highest BCUT2D eigenvalue weighted by Gasteiger charge is 2.26. The van der Waals surface area contributed by atoms with Gasteiger partial charge < -0.3 is 4.90 Å². The van der Waals surface area contributed by atoms with Crippen molar-refractivity contribution in [3.63, 3.8) is 0 Å². The fourth-order valence-electron chi connectivity index (χ4n) is 3.06. The number of nitrogens with one attached hydrogen (secondary N) is 1. The molecule has 28 heavy (non-hydrogen) atoms. The maximum absolute atomic E-state index is 12.6. The molecular formula is C19H18N4O3S2. The standard InChI is InChI=1S/C19H18N4O3S2/c1-23-17-3-2-16(10-14(17)11-18(23)24)28(25,26)21-9-6-15-12-27-19(22-15)13-4-7-20-8-5-13/h2-5,7-8,10,12,21H,6,9,11H2,1H3. The molecule has 3 heterocycles. The summed E-state index contributed by atoms with van der Waals surface area (Å²) in [4.78, 5) is 22.0. The molecule has 0 saturated heterocycles. The number of benzene rings is 1. The van der Waals surface area contributed by atoms with Gasteiger partial charge in [0.1, 0.15) is 5.01 Å². The lowest BCUT2D eigenvalue weighted by molar-refractivity contribution is -0.117. The normalized spacial score (nSPS) is 13.8.